The summed E-state index contributed by atoms with van der Waals surface area (Å²) in [5.74, 6) is -0.165. The van der Waals surface area contributed by atoms with E-state index in [9.17, 15) is 13.2 Å². The van der Waals surface area contributed by atoms with E-state index in [0.29, 0.717) is 31.9 Å². The fraction of sp³-hybridized carbons (Fsp3) is 0.250. The first-order chi connectivity index (χ1) is 12.5. The molecule has 0 unspecified atom stereocenters. The van der Waals surface area contributed by atoms with Gasteiger partial charge in [0.15, 0.2) is 5.78 Å². The molecule has 1 heterocycles. The van der Waals surface area contributed by atoms with E-state index in [1.54, 1.807) is 18.2 Å². The third-order valence-corrected chi connectivity index (χ3v) is 6.13. The van der Waals surface area contributed by atoms with Crippen LogP contribution in [0.15, 0.2) is 59.5 Å². The summed E-state index contributed by atoms with van der Waals surface area (Å²) in [4.78, 5) is 12.5. The minimum absolute atomic E-state index is 0.165. The molecule has 0 bridgehead atoms. The van der Waals surface area contributed by atoms with Crippen molar-refractivity contribution >= 4 is 21.9 Å². The lowest BCUT2D eigenvalue weighted by Crippen LogP contribution is -2.40. The number of carbonyl (C=O) groups is 1. The Balaban J connectivity index is 1.73. The second kappa shape index (κ2) is 7.95. The van der Waals surface area contributed by atoms with E-state index < -0.39 is 10.0 Å². The normalized spacial score (nSPS) is 16.0. The van der Waals surface area contributed by atoms with Crippen LogP contribution in [-0.2, 0) is 14.8 Å². The highest BCUT2D eigenvalue weighted by atomic mass is 32.2. The maximum atomic E-state index is 12.6. The number of ether oxygens (including phenoxy) is 1. The molecular weight excluding hydrogens is 350 g/mol. The zero-order chi connectivity index (χ0) is 18.6. The molecule has 136 valence electrons. The summed E-state index contributed by atoms with van der Waals surface area (Å²) in [5, 5.41) is 0. The van der Waals surface area contributed by atoms with Crippen molar-refractivity contribution in [2.45, 2.75) is 11.8 Å². The number of aryl methyl sites for hydroxylation is 1. The summed E-state index contributed by atoms with van der Waals surface area (Å²) >= 11 is 0. The summed E-state index contributed by atoms with van der Waals surface area (Å²) in [5.41, 5.74) is 2.52. The first-order valence-corrected chi connectivity index (χ1v) is 9.88. The molecule has 2 aromatic rings. The van der Waals surface area contributed by atoms with Gasteiger partial charge >= 0.3 is 0 Å². The molecule has 0 aromatic heterocycles. The molecule has 0 radical (unpaired) electrons. The van der Waals surface area contributed by atoms with E-state index in [1.807, 2.05) is 31.2 Å². The summed E-state index contributed by atoms with van der Waals surface area (Å²) in [7, 11) is -3.54. The van der Waals surface area contributed by atoms with Crippen molar-refractivity contribution in [3.05, 3.63) is 71.3 Å². The number of rotatable bonds is 5. The van der Waals surface area contributed by atoms with Gasteiger partial charge in [0.1, 0.15) is 0 Å². The highest BCUT2D eigenvalue weighted by Gasteiger charge is 2.26. The van der Waals surface area contributed by atoms with Crippen LogP contribution in [0.5, 0.6) is 0 Å². The molecule has 1 fully saturated rings. The number of hydrogen-bond acceptors (Lipinski definition) is 4. The van der Waals surface area contributed by atoms with Gasteiger partial charge < -0.3 is 4.74 Å². The van der Waals surface area contributed by atoms with Crippen molar-refractivity contribution in [1.29, 1.82) is 0 Å². The molecule has 0 saturated carbocycles. The quantitative estimate of drug-likeness (QED) is 0.599. The zero-order valence-electron chi connectivity index (χ0n) is 14.6. The zero-order valence-corrected chi connectivity index (χ0v) is 15.4. The number of sulfonamides is 1. The standard InChI is InChI=1S/C20H21NO4S/c1-16-3-2-4-17(15-16)5-10-20(22)18-6-8-19(9-7-18)26(23,24)21-11-13-25-14-12-21/h2-10,15H,11-14H2,1H3. The maximum absolute atomic E-state index is 12.6. The van der Waals surface area contributed by atoms with Crippen molar-refractivity contribution in [3.63, 3.8) is 0 Å². The van der Waals surface area contributed by atoms with Gasteiger partial charge in [-0.15, -0.1) is 0 Å². The summed E-state index contributed by atoms with van der Waals surface area (Å²) in [6, 6.07) is 13.9. The number of nitrogens with zero attached hydrogens (tertiary/aromatic N) is 1. The van der Waals surface area contributed by atoms with Crippen molar-refractivity contribution < 1.29 is 17.9 Å². The first kappa shape index (κ1) is 18.5. The lowest BCUT2D eigenvalue weighted by atomic mass is 10.1. The predicted molar refractivity (Wildman–Crippen MR) is 101 cm³/mol. The maximum Gasteiger partial charge on any atom is 0.243 e. The lowest BCUT2D eigenvalue weighted by Gasteiger charge is -2.26. The topological polar surface area (TPSA) is 63.7 Å². The second-order valence-corrected chi connectivity index (χ2v) is 8.09. The fourth-order valence-electron chi connectivity index (χ4n) is 2.77. The molecule has 2 aromatic carbocycles. The number of ketones is 1. The van der Waals surface area contributed by atoms with E-state index in [0.717, 1.165) is 11.1 Å². The Labute approximate surface area is 154 Å². The van der Waals surface area contributed by atoms with Crippen molar-refractivity contribution in [3.8, 4) is 0 Å². The minimum atomic E-state index is -3.54. The number of carbonyl (C=O) groups excluding carboxylic acids is 1. The van der Waals surface area contributed by atoms with Crippen molar-refractivity contribution in [1.82, 2.24) is 4.31 Å². The third-order valence-electron chi connectivity index (χ3n) is 4.22. The lowest BCUT2D eigenvalue weighted by molar-refractivity contribution is 0.0730. The van der Waals surface area contributed by atoms with Crippen LogP contribution >= 0.6 is 0 Å². The largest absolute Gasteiger partial charge is 0.379 e. The van der Waals surface area contributed by atoms with Crippen LogP contribution in [0, 0.1) is 6.92 Å². The third kappa shape index (κ3) is 4.27. The Morgan fingerprint density at radius 1 is 1.08 bits per heavy atom. The molecule has 5 nitrogen and oxygen atoms in total. The van der Waals surface area contributed by atoms with Gasteiger partial charge in [0.05, 0.1) is 18.1 Å². The smallest absolute Gasteiger partial charge is 0.243 e. The van der Waals surface area contributed by atoms with E-state index >= 15 is 0 Å². The molecule has 3 rings (SSSR count). The van der Waals surface area contributed by atoms with Gasteiger partial charge in [-0.05, 0) is 42.8 Å². The Morgan fingerprint density at radius 2 is 1.77 bits per heavy atom. The second-order valence-electron chi connectivity index (χ2n) is 6.15. The van der Waals surface area contributed by atoms with E-state index in [-0.39, 0.29) is 10.7 Å². The van der Waals surface area contributed by atoms with E-state index in [4.69, 9.17) is 4.74 Å². The Morgan fingerprint density at radius 3 is 2.42 bits per heavy atom. The molecule has 0 aliphatic carbocycles. The molecule has 1 aliphatic heterocycles. The number of allylic oxidation sites excluding steroid dienone is 1. The van der Waals surface area contributed by atoms with E-state index in [2.05, 4.69) is 0 Å². The molecular formula is C20H21NO4S. The van der Waals surface area contributed by atoms with Gasteiger partial charge in [-0.3, -0.25) is 4.79 Å². The van der Waals surface area contributed by atoms with Gasteiger partial charge in [-0.25, -0.2) is 8.42 Å². The van der Waals surface area contributed by atoms with Crippen LogP contribution in [0.2, 0.25) is 0 Å². The Bertz CT molecular complexity index is 911. The number of morpholine rings is 1. The van der Waals surface area contributed by atoms with Gasteiger partial charge in [-0.1, -0.05) is 35.9 Å². The van der Waals surface area contributed by atoms with Crippen LogP contribution in [0.1, 0.15) is 21.5 Å². The number of benzene rings is 2. The monoisotopic (exact) mass is 371 g/mol. The minimum Gasteiger partial charge on any atom is -0.379 e. The molecule has 1 aliphatic rings. The highest BCUT2D eigenvalue weighted by molar-refractivity contribution is 7.89. The summed E-state index contributed by atoms with van der Waals surface area (Å²) in [6.07, 6.45) is 3.26. The summed E-state index contributed by atoms with van der Waals surface area (Å²) < 4.78 is 31.8. The summed E-state index contributed by atoms with van der Waals surface area (Å²) in [6.45, 7) is 3.50. The Kier molecular flexibility index (Phi) is 5.66. The van der Waals surface area contributed by atoms with Crippen molar-refractivity contribution in [2.24, 2.45) is 0 Å². The van der Waals surface area contributed by atoms with Crippen LogP contribution in [0.4, 0.5) is 0 Å². The van der Waals surface area contributed by atoms with Crippen molar-refractivity contribution in [2.75, 3.05) is 26.3 Å². The predicted octanol–water partition coefficient (Wildman–Crippen LogP) is 2.91. The molecule has 0 atom stereocenters. The average molecular weight is 371 g/mol. The molecule has 0 N–H and O–H groups in total. The van der Waals surface area contributed by atoms with E-state index in [1.165, 1.54) is 22.5 Å². The molecule has 0 amide bonds. The molecule has 26 heavy (non-hydrogen) atoms. The first-order valence-electron chi connectivity index (χ1n) is 8.44. The van der Waals surface area contributed by atoms with Crippen LogP contribution in [0.3, 0.4) is 0 Å². The highest BCUT2D eigenvalue weighted by Crippen LogP contribution is 2.18. The molecule has 1 saturated heterocycles. The molecule has 0 spiro atoms. The Hall–Kier alpha value is -2.28. The van der Waals surface area contributed by atoms with Gasteiger partial charge in [0, 0.05) is 18.7 Å². The number of hydrogen-bond donors (Lipinski definition) is 0. The van der Waals surface area contributed by atoms with Gasteiger partial charge in [0.2, 0.25) is 10.0 Å². The van der Waals surface area contributed by atoms with Crippen LogP contribution < -0.4 is 0 Å². The van der Waals surface area contributed by atoms with Gasteiger partial charge in [0.25, 0.3) is 0 Å². The van der Waals surface area contributed by atoms with Crippen LogP contribution in [-0.4, -0.2) is 44.8 Å². The molecule has 6 heteroatoms. The SMILES string of the molecule is Cc1cccc(C=CC(=O)c2ccc(S(=O)(=O)N3CCOCC3)cc2)c1. The van der Waals surface area contributed by atoms with Crippen LogP contribution in [0.25, 0.3) is 6.08 Å². The van der Waals surface area contributed by atoms with Gasteiger partial charge in [-0.2, -0.15) is 4.31 Å². The average Bonchev–Trinajstić information content (AvgIpc) is 2.67. The fourth-order valence-corrected chi connectivity index (χ4v) is 4.18.